The Labute approximate surface area is 177 Å². The lowest BCUT2D eigenvalue weighted by Gasteiger charge is -2.18. The molecule has 158 valence electrons. The van der Waals surface area contributed by atoms with Crippen LogP contribution in [0.2, 0.25) is 0 Å². The van der Waals surface area contributed by atoms with Crippen molar-refractivity contribution in [3.8, 4) is 0 Å². The van der Waals surface area contributed by atoms with Crippen LogP contribution in [-0.2, 0) is 6.42 Å². The van der Waals surface area contributed by atoms with Crippen molar-refractivity contribution in [3.63, 3.8) is 0 Å². The summed E-state index contributed by atoms with van der Waals surface area (Å²) in [6, 6.07) is 15.5. The monoisotopic (exact) mass is 407 g/mol. The summed E-state index contributed by atoms with van der Waals surface area (Å²) in [6.07, 6.45) is 3.98. The minimum Gasteiger partial charge on any atom is -0.371 e. The molecule has 1 atom stereocenters. The second-order valence-electron chi connectivity index (χ2n) is 7.84. The predicted octanol–water partition coefficient (Wildman–Crippen LogP) is 3.93. The number of nitrogens with one attached hydrogen (secondary N) is 3. The third-order valence-corrected chi connectivity index (χ3v) is 5.68. The largest absolute Gasteiger partial charge is 0.371 e. The first-order valence-corrected chi connectivity index (χ1v) is 10.8. The van der Waals surface area contributed by atoms with Gasteiger partial charge in [-0.15, -0.1) is 0 Å². The standard InChI is InChI=1S/C24H30FN5/c1-2-26-24(27-12-10-19-16-28-23-14-20(25)8-9-22(19)23)29-15-18-11-13-30(17-18)21-6-4-3-5-7-21/h3-9,14,16,18,28H,2,10-13,15,17H2,1H3,(H2,26,27,29). The van der Waals surface area contributed by atoms with Crippen molar-refractivity contribution in [2.75, 3.05) is 37.6 Å². The first-order valence-electron chi connectivity index (χ1n) is 10.8. The predicted molar refractivity (Wildman–Crippen MR) is 123 cm³/mol. The van der Waals surface area contributed by atoms with Crippen molar-refractivity contribution < 1.29 is 4.39 Å². The van der Waals surface area contributed by atoms with Crippen LogP contribution >= 0.6 is 0 Å². The van der Waals surface area contributed by atoms with Gasteiger partial charge in [0.2, 0.25) is 0 Å². The van der Waals surface area contributed by atoms with Crippen molar-refractivity contribution >= 4 is 22.5 Å². The highest BCUT2D eigenvalue weighted by Gasteiger charge is 2.22. The van der Waals surface area contributed by atoms with E-state index < -0.39 is 0 Å². The van der Waals surface area contributed by atoms with E-state index in [1.54, 1.807) is 0 Å². The number of aliphatic imine (C=N–C) groups is 1. The van der Waals surface area contributed by atoms with Gasteiger partial charge in [-0.25, -0.2) is 4.39 Å². The maximum absolute atomic E-state index is 13.4. The molecule has 5 nitrogen and oxygen atoms in total. The summed E-state index contributed by atoms with van der Waals surface area (Å²) >= 11 is 0. The van der Waals surface area contributed by atoms with Crippen molar-refractivity contribution in [1.82, 2.24) is 15.6 Å². The molecule has 2 heterocycles. The Bertz CT molecular complexity index is 982. The van der Waals surface area contributed by atoms with E-state index in [1.165, 1.54) is 29.8 Å². The SMILES string of the molecule is CCNC(=NCC1CCN(c2ccccc2)C1)NCCc1c[nH]c2cc(F)ccc12. The molecule has 6 heteroatoms. The smallest absolute Gasteiger partial charge is 0.191 e. The number of hydrogen-bond acceptors (Lipinski definition) is 2. The van der Waals surface area contributed by atoms with Crippen LogP contribution in [0.1, 0.15) is 18.9 Å². The van der Waals surface area contributed by atoms with Gasteiger partial charge in [-0.3, -0.25) is 4.99 Å². The van der Waals surface area contributed by atoms with Gasteiger partial charge in [0.1, 0.15) is 5.82 Å². The highest BCUT2D eigenvalue weighted by Crippen LogP contribution is 2.23. The van der Waals surface area contributed by atoms with E-state index in [2.05, 4.69) is 57.8 Å². The number of guanidine groups is 1. The number of fused-ring (bicyclic) bond motifs is 1. The maximum atomic E-state index is 13.4. The molecule has 0 radical (unpaired) electrons. The lowest BCUT2D eigenvalue weighted by molar-refractivity contribution is 0.599. The molecule has 1 aliphatic heterocycles. The van der Waals surface area contributed by atoms with E-state index >= 15 is 0 Å². The van der Waals surface area contributed by atoms with Crippen LogP contribution < -0.4 is 15.5 Å². The average Bonchev–Trinajstić information content (AvgIpc) is 3.40. The lowest BCUT2D eigenvalue weighted by Crippen LogP contribution is -2.38. The third-order valence-electron chi connectivity index (χ3n) is 5.68. The normalized spacial score (nSPS) is 16.9. The Balaban J connectivity index is 1.29. The summed E-state index contributed by atoms with van der Waals surface area (Å²) in [4.78, 5) is 10.4. The first-order chi connectivity index (χ1) is 14.7. The molecule has 3 aromatic rings. The molecular weight excluding hydrogens is 377 g/mol. The minimum atomic E-state index is -0.215. The molecule has 0 amide bonds. The van der Waals surface area contributed by atoms with Crippen molar-refractivity contribution in [1.29, 1.82) is 0 Å². The fourth-order valence-corrected chi connectivity index (χ4v) is 4.10. The Kier molecular flexibility index (Phi) is 6.52. The lowest BCUT2D eigenvalue weighted by atomic mass is 10.1. The van der Waals surface area contributed by atoms with E-state index in [1.807, 2.05) is 12.3 Å². The highest BCUT2D eigenvalue weighted by atomic mass is 19.1. The van der Waals surface area contributed by atoms with Crippen molar-refractivity contribution in [2.24, 2.45) is 10.9 Å². The van der Waals surface area contributed by atoms with Crippen LogP contribution in [0.5, 0.6) is 0 Å². The number of aromatic nitrogens is 1. The number of halogens is 1. The Morgan fingerprint density at radius 2 is 2.07 bits per heavy atom. The molecule has 1 aromatic heterocycles. The van der Waals surface area contributed by atoms with Crippen LogP contribution in [0.3, 0.4) is 0 Å². The van der Waals surface area contributed by atoms with E-state index in [4.69, 9.17) is 4.99 Å². The Hall–Kier alpha value is -3.02. The molecule has 1 fully saturated rings. The molecule has 1 unspecified atom stereocenters. The summed E-state index contributed by atoms with van der Waals surface area (Å²) in [5.41, 5.74) is 3.32. The van der Waals surface area contributed by atoms with Gasteiger partial charge in [0, 0.05) is 55.5 Å². The summed E-state index contributed by atoms with van der Waals surface area (Å²) < 4.78 is 13.4. The molecule has 30 heavy (non-hydrogen) atoms. The molecule has 0 spiro atoms. The molecular formula is C24H30FN5. The summed E-state index contributed by atoms with van der Waals surface area (Å²) in [6.45, 7) is 6.66. The fourth-order valence-electron chi connectivity index (χ4n) is 4.10. The summed E-state index contributed by atoms with van der Waals surface area (Å²) in [7, 11) is 0. The van der Waals surface area contributed by atoms with E-state index in [-0.39, 0.29) is 5.82 Å². The number of aromatic amines is 1. The van der Waals surface area contributed by atoms with Gasteiger partial charge in [0.15, 0.2) is 5.96 Å². The molecule has 0 saturated carbocycles. The van der Waals surface area contributed by atoms with E-state index in [0.717, 1.165) is 56.0 Å². The van der Waals surface area contributed by atoms with Crippen LogP contribution in [-0.4, -0.2) is 43.7 Å². The second kappa shape index (κ2) is 9.65. The quantitative estimate of drug-likeness (QED) is 0.411. The number of H-pyrrole nitrogens is 1. The molecule has 3 N–H and O–H groups in total. The van der Waals surface area contributed by atoms with Gasteiger partial charge in [-0.2, -0.15) is 0 Å². The molecule has 1 aliphatic rings. The zero-order valence-electron chi connectivity index (χ0n) is 17.5. The number of benzene rings is 2. The molecule has 4 rings (SSSR count). The highest BCUT2D eigenvalue weighted by molar-refractivity contribution is 5.83. The number of nitrogens with zero attached hydrogens (tertiary/aromatic N) is 2. The third kappa shape index (κ3) is 4.93. The van der Waals surface area contributed by atoms with Crippen molar-refractivity contribution in [3.05, 3.63) is 66.1 Å². The maximum Gasteiger partial charge on any atom is 0.191 e. The fraction of sp³-hybridized carbons (Fsp3) is 0.375. The molecule has 1 saturated heterocycles. The van der Waals surface area contributed by atoms with Crippen LogP contribution in [0.25, 0.3) is 10.9 Å². The van der Waals surface area contributed by atoms with Gasteiger partial charge < -0.3 is 20.5 Å². The average molecular weight is 408 g/mol. The van der Waals surface area contributed by atoms with Gasteiger partial charge in [-0.1, -0.05) is 18.2 Å². The Morgan fingerprint density at radius 3 is 2.90 bits per heavy atom. The summed E-state index contributed by atoms with van der Waals surface area (Å²) in [5, 5.41) is 7.86. The molecule has 0 aliphatic carbocycles. The first kappa shape index (κ1) is 20.3. The topological polar surface area (TPSA) is 55.5 Å². The van der Waals surface area contributed by atoms with Gasteiger partial charge >= 0.3 is 0 Å². The van der Waals surface area contributed by atoms with Crippen LogP contribution in [0, 0.1) is 11.7 Å². The Morgan fingerprint density at radius 1 is 1.20 bits per heavy atom. The number of para-hydroxylation sites is 1. The van der Waals surface area contributed by atoms with E-state index in [0.29, 0.717) is 5.92 Å². The van der Waals surface area contributed by atoms with Gasteiger partial charge in [0.05, 0.1) is 0 Å². The zero-order chi connectivity index (χ0) is 20.8. The molecule has 0 bridgehead atoms. The number of rotatable bonds is 7. The van der Waals surface area contributed by atoms with Gasteiger partial charge in [0.25, 0.3) is 0 Å². The zero-order valence-corrected chi connectivity index (χ0v) is 17.5. The minimum absolute atomic E-state index is 0.215. The second-order valence-corrected chi connectivity index (χ2v) is 7.84. The van der Waals surface area contributed by atoms with Crippen LogP contribution in [0.15, 0.2) is 59.7 Å². The number of anilines is 1. The van der Waals surface area contributed by atoms with E-state index in [9.17, 15) is 4.39 Å². The summed E-state index contributed by atoms with van der Waals surface area (Å²) in [5.74, 6) is 1.22. The van der Waals surface area contributed by atoms with Gasteiger partial charge in [-0.05, 0) is 61.6 Å². The van der Waals surface area contributed by atoms with Crippen LogP contribution in [0.4, 0.5) is 10.1 Å². The van der Waals surface area contributed by atoms with Crippen molar-refractivity contribution in [2.45, 2.75) is 19.8 Å². The molecule has 2 aromatic carbocycles. The number of hydrogen-bond donors (Lipinski definition) is 3.